The third kappa shape index (κ3) is 5.80. The van der Waals surface area contributed by atoms with E-state index in [1.165, 1.54) is 24.8 Å². The molecule has 0 bridgehead atoms. The zero-order valence-electron chi connectivity index (χ0n) is 12.5. The number of rotatable bonds is 9. The van der Waals surface area contributed by atoms with Crippen molar-refractivity contribution in [3.8, 4) is 5.75 Å². The highest BCUT2D eigenvalue weighted by Gasteiger charge is 2.29. The van der Waals surface area contributed by atoms with Crippen LogP contribution in [0.1, 0.15) is 52.0 Å². The molecule has 0 radical (unpaired) electrons. The Morgan fingerprint density at radius 1 is 1.10 bits per heavy atom. The van der Waals surface area contributed by atoms with Crippen LogP contribution in [-0.4, -0.2) is 0 Å². The minimum Gasteiger partial charge on any atom is -0.402 e. The lowest BCUT2D eigenvalue weighted by Crippen LogP contribution is -2.16. The molecule has 0 fully saturated rings. The third-order valence-corrected chi connectivity index (χ3v) is 5.21. The van der Waals surface area contributed by atoms with Gasteiger partial charge in [0.1, 0.15) is 5.75 Å². The van der Waals surface area contributed by atoms with E-state index in [1.807, 2.05) is 12.1 Å². The molecule has 0 aromatic heterocycles. The summed E-state index contributed by atoms with van der Waals surface area (Å²) in [7, 11) is -3.95. The number of halogens is 2. The highest BCUT2D eigenvalue weighted by Crippen LogP contribution is 2.51. The summed E-state index contributed by atoms with van der Waals surface area (Å²) in [4.78, 5) is 0. The van der Waals surface area contributed by atoms with E-state index in [0.717, 1.165) is 6.42 Å². The van der Waals surface area contributed by atoms with Crippen LogP contribution in [0.15, 0.2) is 24.3 Å². The van der Waals surface area contributed by atoms with Crippen LogP contribution in [0.3, 0.4) is 0 Å². The van der Waals surface area contributed by atoms with Crippen LogP contribution in [0.4, 0.5) is 0 Å². The molecule has 0 aliphatic heterocycles. The third-order valence-electron chi connectivity index (χ3n) is 3.43. The molecule has 21 heavy (non-hydrogen) atoms. The van der Waals surface area contributed by atoms with Gasteiger partial charge in [-0.1, -0.05) is 52.2 Å². The van der Waals surface area contributed by atoms with E-state index in [-0.39, 0.29) is 5.41 Å². The van der Waals surface area contributed by atoms with E-state index in [2.05, 4.69) is 28.9 Å². The zero-order valence-corrected chi connectivity index (χ0v) is 14.9. The number of unbranched alkanes of at least 4 members (excludes halogenated alkanes) is 2. The second kappa shape index (κ2) is 8.40. The highest BCUT2D eigenvalue weighted by molar-refractivity contribution is 7.50. The summed E-state index contributed by atoms with van der Waals surface area (Å²) in [5.41, 5.74) is 1.25. The summed E-state index contributed by atoms with van der Waals surface area (Å²) in [5, 5.41) is 0. The van der Waals surface area contributed by atoms with Gasteiger partial charge in [-0.2, -0.15) is 8.15 Å². The van der Waals surface area contributed by atoms with Crippen LogP contribution >= 0.6 is 31.6 Å². The minimum atomic E-state index is -3.95. The van der Waals surface area contributed by atoms with Gasteiger partial charge in [-0.25, -0.2) is 4.57 Å². The van der Waals surface area contributed by atoms with Crippen molar-refractivity contribution < 1.29 is 17.2 Å². The summed E-state index contributed by atoms with van der Waals surface area (Å²) >= 11 is 10.1. The second-order valence-electron chi connectivity index (χ2n) is 5.54. The Bertz CT molecular complexity index is 468. The smallest absolute Gasteiger partial charge is 0.402 e. The van der Waals surface area contributed by atoms with Gasteiger partial charge in [0.05, 0.1) is 23.7 Å². The number of benzene rings is 1. The summed E-state index contributed by atoms with van der Waals surface area (Å²) in [5.74, 6) is 0.313. The predicted octanol–water partition coefficient (Wildman–Crippen LogP) is 6.37. The lowest BCUT2D eigenvalue weighted by molar-refractivity contribution is 0.318. The molecular weight excluding hydrogens is 334 g/mol. The summed E-state index contributed by atoms with van der Waals surface area (Å²) in [6.07, 6.45) is 4.73. The van der Waals surface area contributed by atoms with Crippen molar-refractivity contribution in [3.63, 3.8) is 0 Å². The van der Waals surface area contributed by atoms with Crippen molar-refractivity contribution in [2.45, 2.75) is 51.9 Å². The van der Waals surface area contributed by atoms with E-state index in [1.54, 1.807) is 12.1 Å². The van der Waals surface area contributed by atoms with Crippen molar-refractivity contribution in [1.29, 1.82) is 0 Å². The molecule has 0 N–H and O–H groups in total. The first-order valence-electron chi connectivity index (χ1n) is 6.88. The first-order chi connectivity index (χ1) is 9.87. The molecule has 120 valence electrons. The van der Waals surface area contributed by atoms with Crippen molar-refractivity contribution in [1.82, 2.24) is 0 Å². The van der Waals surface area contributed by atoms with Gasteiger partial charge in [0.2, 0.25) is 0 Å². The standard InChI is InChI=1S/C14H21Cl2O4P/c1-4-5-6-11-14(2,3)12-7-9-13(10-8-12)18-21(17,19-15)20-16/h7-10H,4-6,11H2,1-3H3. The molecule has 1 aromatic rings. The molecule has 1 aromatic carbocycles. The van der Waals surface area contributed by atoms with Crippen LogP contribution in [0.2, 0.25) is 0 Å². The largest absolute Gasteiger partial charge is 0.563 e. The monoisotopic (exact) mass is 354 g/mol. The van der Waals surface area contributed by atoms with Crippen LogP contribution in [0.25, 0.3) is 0 Å². The van der Waals surface area contributed by atoms with E-state index < -0.39 is 7.82 Å². The van der Waals surface area contributed by atoms with E-state index >= 15 is 0 Å². The average molecular weight is 355 g/mol. The lowest BCUT2D eigenvalue weighted by atomic mass is 9.80. The predicted molar refractivity (Wildman–Crippen MR) is 85.7 cm³/mol. The Morgan fingerprint density at radius 3 is 2.14 bits per heavy atom. The van der Waals surface area contributed by atoms with Gasteiger partial charge in [0, 0.05) is 0 Å². The average Bonchev–Trinajstić information content (AvgIpc) is 2.48. The zero-order chi connectivity index (χ0) is 15.9. The fourth-order valence-electron chi connectivity index (χ4n) is 2.10. The topological polar surface area (TPSA) is 44.8 Å². The maximum atomic E-state index is 11.6. The minimum absolute atomic E-state index is 0.0728. The second-order valence-corrected chi connectivity index (χ2v) is 7.72. The molecule has 0 saturated carbocycles. The Morgan fingerprint density at radius 2 is 1.67 bits per heavy atom. The Balaban J connectivity index is 2.75. The number of phosphoric acid groups is 1. The van der Waals surface area contributed by atoms with Gasteiger partial charge in [-0.3, -0.25) is 0 Å². The molecule has 1 rings (SSSR count). The fraction of sp³-hybridized carbons (Fsp3) is 0.571. The summed E-state index contributed by atoms with van der Waals surface area (Å²) in [6.45, 7) is 6.59. The van der Waals surface area contributed by atoms with Crippen LogP contribution in [0, 0.1) is 0 Å². The van der Waals surface area contributed by atoms with Crippen molar-refractivity contribution >= 4 is 31.6 Å². The van der Waals surface area contributed by atoms with Gasteiger partial charge in [-0.15, -0.1) is 0 Å². The molecular formula is C14H21Cl2O4P. The van der Waals surface area contributed by atoms with Crippen molar-refractivity contribution in [2.75, 3.05) is 0 Å². The van der Waals surface area contributed by atoms with E-state index in [9.17, 15) is 4.57 Å². The molecule has 0 atom stereocenters. The molecule has 4 nitrogen and oxygen atoms in total. The first kappa shape index (κ1) is 18.8. The Labute approximate surface area is 136 Å². The van der Waals surface area contributed by atoms with Gasteiger partial charge < -0.3 is 4.52 Å². The fourth-order valence-corrected chi connectivity index (χ4v) is 2.98. The Hall–Kier alpha value is -0.250. The normalized spacial score (nSPS) is 12.4. The molecule has 0 spiro atoms. The van der Waals surface area contributed by atoms with Gasteiger partial charge in [0.25, 0.3) is 0 Å². The van der Waals surface area contributed by atoms with Gasteiger partial charge in [-0.05, 0) is 29.5 Å². The quantitative estimate of drug-likeness (QED) is 0.381. The van der Waals surface area contributed by atoms with Crippen molar-refractivity contribution in [2.24, 2.45) is 0 Å². The van der Waals surface area contributed by atoms with Crippen molar-refractivity contribution in [3.05, 3.63) is 29.8 Å². The van der Waals surface area contributed by atoms with Gasteiger partial charge >= 0.3 is 7.82 Å². The highest BCUT2D eigenvalue weighted by atomic mass is 35.5. The molecule has 0 aliphatic rings. The van der Waals surface area contributed by atoms with E-state index in [4.69, 9.17) is 28.3 Å². The molecule has 0 amide bonds. The number of hydrogen-bond acceptors (Lipinski definition) is 4. The molecule has 0 saturated heterocycles. The van der Waals surface area contributed by atoms with Crippen LogP contribution in [0.5, 0.6) is 5.75 Å². The maximum Gasteiger partial charge on any atom is 0.563 e. The maximum absolute atomic E-state index is 11.6. The molecule has 7 heteroatoms. The van der Waals surface area contributed by atoms with Crippen LogP contribution in [-0.2, 0) is 18.1 Å². The molecule has 0 aliphatic carbocycles. The number of hydrogen-bond donors (Lipinski definition) is 0. The summed E-state index contributed by atoms with van der Waals surface area (Å²) < 4.78 is 24.9. The molecule has 0 unspecified atom stereocenters. The SMILES string of the molecule is CCCCCC(C)(C)c1ccc(OP(=O)(OCl)OCl)cc1. The Kier molecular flexibility index (Phi) is 7.52. The first-order valence-corrected chi connectivity index (χ1v) is 8.95. The lowest BCUT2D eigenvalue weighted by Gasteiger charge is -2.25. The van der Waals surface area contributed by atoms with Crippen LogP contribution < -0.4 is 4.52 Å². The molecule has 0 heterocycles. The van der Waals surface area contributed by atoms with E-state index in [0.29, 0.717) is 5.75 Å². The van der Waals surface area contributed by atoms with Gasteiger partial charge in [0.15, 0.2) is 0 Å². The summed E-state index contributed by atoms with van der Waals surface area (Å²) in [6, 6.07) is 7.23.